The number of amides is 2. The van der Waals surface area contributed by atoms with Crippen molar-refractivity contribution in [2.24, 2.45) is 0 Å². The van der Waals surface area contributed by atoms with Crippen molar-refractivity contribution in [2.45, 2.75) is 25.4 Å². The van der Waals surface area contributed by atoms with Gasteiger partial charge < -0.3 is 10.2 Å². The number of rotatable bonds is 3. The van der Waals surface area contributed by atoms with Gasteiger partial charge in [-0.2, -0.15) is 0 Å². The number of nitrogens with zero attached hydrogens (tertiary/aromatic N) is 1. The summed E-state index contributed by atoms with van der Waals surface area (Å²) in [6.45, 7) is 0.135. The Labute approximate surface area is 125 Å². The Hall–Kier alpha value is -1.33. The maximum absolute atomic E-state index is 13.2. The second-order valence-electron chi connectivity index (χ2n) is 4.61. The molecule has 1 fully saturated rings. The van der Waals surface area contributed by atoms with E-state index in [-0.39, 0.29) is 28.4 Å². The Kier molecular flexibility index (Phi) is 4.50. The number of carbonyl (C=O) groups is 2. The number of hydrogen-bond acceptors (Lipinski definition) is 2. The van der Waals surface area contributed by atoms with Gasteiger partial charge in [0.1, 0.15) is 11.9 Å². The molecule has 1 aliphatic rings. The molecule has 108 valence electrons. The molecule has 1 atom stereocenters. The van der Waals surface area contributed by atoms with Gasteiger partial charge in [0, 0.05) is 20.0 Å². The Morgan fingerprint density at radius 1 is 1.45 bits per heavy atom. The fourth-order valence-electron chi connectivity index (χ4n) is 2.11. The second-order valence-corrected chi connectivity index (χ2v) is 5.37. The third-order valence-electron chi connectivity index (χ3n) is 3.36. The van der Waals surface area contributed by atoms with Crippen molar-refractivity contribution in [1.82, 2.24) is 10.2 Å². The lowest BCUT2D eigenvalue weighted by Gasteiger charge is -2.19. The highest BCUT2D eigenvalue weighted by Gasteiger charge is 2.32. The molecule has 4 nitrogen and oxygen atoms in total. The van der Waals surface area contributed by atoms with Crippen LogP contribution in [0.5, 0.6) is 0 Å². The van der Waals surface area contributed by atoms with Gasteiger partial charge in [0.25, 0.3) is 0 Å². The molecule has 1 unspecified atom stereocenters. The molecule has 2 amide bonds. The molecule has 0 aromatic heterocycles. The van der Waals surface area contributed by atoms with Gasteiger partial charge in [-0.25, -0.2) is 4.39 Å². The minimum atomic E-state index is -0.604. The van der Waals surface area contributed by atoms with Gasteiger partial charge in [0.15, 0.2) is 0 Å². The second kappa shape index (κ2) is 5.97. The van der Waals surface area contributed by atoms with E-state index >= 15 is 0 Å². The average Bonchev–Trinajstić information content (AvgIpc) is 2.75. The molecule has 1 aromatic carbocycles. The number of nitrogens with one attached hydrogen (secondary N) is 1. The van der Waals surface area contributed by atoms with Crippen molar-refractivity contribution in [2.75, 3.05) is 7.05 Å². The Balaban J connectivity index is 2.01. The average molecular weight is 319 g/mol. The Morgan fingerprint density at radius 3 is 2.75 bits per heavy atom. The highest BCUT2D eigenvalue weighted by molar-refractivity contribution is 6.42. The predicted molar refractivity (Wildman–Crippen MR) is 74.1 cm³/mol. The summed E-state index contributed by atoms with van der Waals surface area (Å²) in [7, 11) is 1.60. The van der Waals surface area contributed by atoms with Gasteiger partial charge in [-0.05, 0) is 18.1 Å². The molecule has 1 saturated heterocycles. The normalized spacial score (nSPS) is 18.5. The minimum absolute atomic E-state index is 0.0481. The molecule has 1 N–H and O–H groups in total. The summed E-state index contributed by atoms with van der Waals surface area (Å²) in [6.07, 6.45) is 0.872. The van der Waals surface area contributed by atoms with Crippen LogP contribution in [0.15, 0.2) is 12.1 Å². The van der Waals surface area contributed by atoms with Crippen molar-refractivity contribution in [3.05, 3.63) is 33.6 Å². The van der Waals surface area contributed by atoms with Crippen LogP contribution in [0.4, 0.5) is 4.39 Å². The molecule has 0 bridgehead atoms. The molecule has 0 radical (unpaired) electrons. The number of likely N-dealkylation sites (tertiary alicyclic amines) is 1. The summed E-state index contributed by atoms with van der Waals surface area (Å²) < 4.78 is 13.2. The molecule has 1 aliphatic heterocycles. The molecule has 0 saturated carbocycles. The van der Waals surface area contributed by atoms with E-state index < -0.39 is 11.9 Å². The fourth-order valence-corrected chi connectivity index (χ4v) is 2.52. The number of likely N-dealkylation sites (N-methyl/N-ethyl adjacent to an activating group) is 1. The fraction of sp³-hybridized carbons (Fsp3) is 0.385. The number of benzene rings is 1. The molecular formula is C13H13Cl2FN2O2. The summed E-state index contributed by atoms with van der Waals surface area (Å²) in [5.41, 5.74) is 0.526. The molecule has 0 spiro atoms. The largest absolute Gasteiger partial charge is 0.350 e. The third kappa shape index (κ3) is 2.88. The lowest BCUT2D eigenvalue weighted by molar-refractivity contribution is -0.133. The van der Waals surface area contributed by atoms with Gasteiger partial charge in [-0.15, -0.1) is 0 Å². The summed E-state index contributed by atoms with van der Waals surface area (Å²) in [5, 5.41) is 2.61. The van der Waals surface area contributed by atoms with Crippen molar-refractivity contribution >= 4 is 35.0 Å². The highest BCUT2D eigenvalue weighted by atomic mass is 35.5. The maximum Gasteiger partial charge on any atom is 0.243 e. The quantitative estimate of drug-likeness (QED) is 0.870. The zero-order chi connectivity index (χ0) is 14.9. The molecule has 0 aliphatic carbocycles. The van der Waals surface area contributed by atoms with Gasteiger partial charge in [0.2, 0.25) is 11.8 Å². The topological polar surface area (TPSA) is 49.4 Å². The molecule has 2 rings (SSSR count). The molecule has 1 aromatic rings. The van der Waals surface area contributed by atoms with Crippen LogP contribution in [0.3, 0.4) is 0 Å². The monoisotopic (exact) mass is 318 g/mol. The number of carbonyl (C=O) groups excluding carboxylic acids is 2. The highest BCUT2D eigenvalue weighted by Crippen LogP contribution is 2.28. The zero-order valence-corrected chi connectivity index (χ0v) is 12.3. The molecule has 1 heterocycles. The summed E-state index contributed by atoms with van der Waals surface area (Å²) in [4.78, 5) is 24.8. The molecule has 7 heteroatoms. The summed E-state index contributed by atoms with van der Waals surface area (Å²) in [5.74, 6) is -0.907. The molecular weight excluding hydrogens is 306 g/mol. The van der Waals surface area contributed by atoms with Crippen molar-refractivity contribution in [3.63, 3.8) is 0 Å². The summed E-state index contributed by atoms with van der Waals surface area (Å²) >= 11 is 11.6. The van der Waals surface area contributed by atoms with Gasteiger partial charge in [-0.1, -0.05) is 29.3 Å². The van der Waals surface area contributed by atoms with Gasteiger partial charge in [-0.3, -0.25) is 9.59 Å². The van der Waals surface area contributed by atoms with Crippen molar-refractivity contribution in [1.29, 1.82) is 0 Å². The van der Waals surface area contributed by atoms with Gasteiger partial charge >= 0.3 is 0 Å². The van der Waals surface area contributed by atoms with Gasteiger partial charge in [0.05, 0.1) is 10.0 Å². The van der Waals surface area contributed by atoms with E-state index in [1.807, 2.05) is 0 Å². The minimum Gasteiger partial charge on any atom is -0.350 e. The lowest BCUT2D eigenvalue weighted by atomic mass is 10.2. The molecule has 20 heavy (non-hydrogen) atoms. The number of hydrogen-bond donors (Lipinski definition) is 1. The van der Waals surface area contributed by atoms with Crippen LogP contribution in [0.2, 0.25) is 10.0 Å². The van der Waals surface area contributed by atoms with Crippen molar-refractivity contribution in [3.8, 4) is 0 Å². The van der Waals surface area contributed by atoms with Crippen LogP contribution in [-0.2, 0) is 16.1 Å². The maximum atomic E-state index is 13.2. The van der Waals surface area contributed by atoms with E-state index in [1.54, 1.807) is 7.05 Å². The SMILES string of the molecule is CN1C(=O)CCC1C(=O)NCc1ccc(F)c(Cl)c1Cl. The van der Waals surface area contributed by atoms with E-state index in [2.05, 4.69) is 5.32 Å². The third-order valence-corrected chi connectivity index (χ3v) is 4.26. The lowest BCUT2D eigenvalue weighted by Crippen LogP contribution is -2.42. The van der Waals surface area contributed by atoms with E-state index in [1.165, 1.54) is 17.0 Å². The smallest absolute Gasteiger partial charge is 0.243 e. The van der Waals surface area contributed by atoms with Crippen LogP contribution in [0.25, 0.3) is 0 Å². The van der Waals surface area contributed by atoms with Crippen LogP contribution < -0.4 is 5.32 Å². The Bertz CT molecular complexity index is 566. The first kappa shape index (κ1) is 15.1. The number of halogens is 3. The van der Waals surface area contributed by atoms with Crippen LogP contribution >= 0.6 is 23.2 Å². The van der Waals surface area contributed by atoms with E-state index in [4.69, 9.17) is 23.2 Å². The predicted octanol–water partition coefficient (Wildman–Crippen LogP) is 2.37. The van der Waals surface area contributed by atoms with Crippen LogP contribution in [0, 0.1) is 5.82 Å². The van der Waals surface area contributed by atoms with Crippen molar-refractivity contribution < 1.29 is 14.0 Å². The van der Waals surface area contributed by atoms with E-state index in [9.17, 15) is 14.0 Å². The summed E-state index contributed by atoms with van der Waals surface area (Å²) in [6, 6.07) is 2.20. The van der Waals surface area contributed by atoms with Crippen LogP contribution in [-0.4, -0.2) is 29.8 Å². The van der Waals surface area contributed by atoms with Crippen LogP contribution in [0.1, 0.15) is 18.4 Å². The Morgan fingerprint density at radius 2 is 2.15 bits per heavy atom. The first-order chi connectivity index (χ1) is 9.41. The standard InChI is InChI=1S/C13H13Cl2FN2O2/c1-18-9(4-5-10(18)19)13(20)17-6-7-2-3-8(16)12(15)11(7)14/h2-3,9H,4-6H2,1H3,(H,17,20). The first-order valence-electron chi connectivity index (χ1n) is 6.07. The zero-order valence-electron chi connectivity index (χ0n) is 10.8. The first-order valence-corrected chi connectivity index (χ1v) is 6.83. The van der Waals surface area contributed by atoms with E-state index in [0.717, 1.165) is 0 Å². The van der Waals surface area contributed by atoms with E-state index in [0.29, 0.717) is 18.4 Å².